The predicted molar refractivity (Wildman–Crippen MR) is 91.4 cm³/mol. The molecule has 0 radical (unpaired) electrons. The number of ether oxygens (including phenoxy) is 1. The number of benzene rings is 1. The van der Waals surface area contributed by atoms with E-state index < -0.39 is 11.8 Å². The van der Waals surface area contributed by atoms with E-state index in [1.54, 1.807) is 25.1 Å². The van der Waals surface area contributed by atoms with E-state index >= 15 is 0 Å². The van der Waals surface area contributed by atoms with Crippen molar-refractivity contribution in [3.63, 3.8) is 0 Å². The summed E-state index contributed by atoms with van der Waals surface area (Å²) in [6.45, 7) is 1.89. The Bertz CT molecular complexity index is 1030. The summed E-state index contributed by atoms with van der Waals surface area (Å²) >= 11 is 6.97. The highest BCUT2D eigenvalue weighted by Gasteiger charge is 2.19. The molecule has 1 aromatic carbocycles. The number of hydrogen-bond acceptors (Lipinski definition) is 8. The smallest absolute Gasteiger partial charge is 0.369 e. The van der Waals surface area contributed by atoms with Crippen LogP contribution in [0.4, 0.5) is 0 Å². The molecule has 3 rings (SSSR count). The Hall–Kier alpha value is -2.58. The normalized spacial score (nSPS) is 10.8. The largest absolute Gasteiger partial charge is 0.461 e. The second-order valence-corrected chi connectivity index (χ2v) is 6.38. The Kier molecular flexibility index (Phi) is 4.91. The van der Waals surface area contributed by atoms with Crippen molar-refractivity contribution in [2.45, 2.75) is 13.3 Å². The van der Waals surface area contributed by atoms with Gasteiger partial charge in [0, 0.05) is 6.07 Å². The van der Waals surface area contributed by atoms with Crippen molar-refractivity contribution in [1.82, 2.24) is 10.2 Å². The van der Waals surface area contributed by atoms with E-state index in [4.69, 9.17) is 20.8 Å². The third-order valence-electron chi connectivity index (χ3n) is 3.21. The molecule has 0 aliphatic rings. The van der Waals surface area contributed by atoms with Crippen LogP contribution >= 0.6 is 22.9 Å². The fourth-order valence-electron chi connectivity index (χ4n) is 2.11. The summed E-state index contributed by atoms with van der Waals surface area (Å²) in [5.74, 6) is -1.19. The second-order valence-electron chi connectivity index (χ2n) is 4.91. The average molecular weight is 379 g/mol. The predicted octanol–water partition coefficient (Wildman–Crippen LogP) is 2.90. The maximum atomic E-state index is 12.4. The lowest BCUT2D eigenvalue weighted by molar-refractivity contribution is 0.0525. The van der Waals surface area contributed by atoms with Crippen molar-refractivity contribution in [2.24, 2.45) is 0 Å². The summed E-state index contributed by atoms with van der Waals surface area (Å²) in [5.41, 5.74) is -0.207. The lowest BCUT2D eigenvalue weighted by Crippen LogP contribution is -2.09. The molecule has 0 saturated heterocycles. The van der Waals surface area contributed by atoms with Gasteiger partial charge in [-0.1, -0.05) is 29.0 Å². The van der Waals surface area contributed by atoms with Crippen LogP contribution in [0, 0.1) is 0 Å². The zero-order valence-electron chi connectivity index (χ0n) is 12.9. The molecule has 25 heavy (non-hydrogen) atoms. The molecule has 2 aromatic heterocycles. The molecular formula is C16H11ClN2O5S. The fraction of sp³-hybridized carbons (Fsp3) is 0.188. The number of ketones is 1. The van der Waals surface area contributed by atoms with Gasteiger partial charge in [-0.25, -0.2) is 4.79 Å². The van der Waals surface area contributed by atoms with Crippen molar-refractivity contribution in [3.8, 4) is 0 Å². The van der Waals surface area contributed by atoms with Gasteiger partial charge in [0.05, 0.1) is 23.4 Å². The zero-order chi connectivity index (χ0) is 18.0. The number of hydrogen-bond donors (Lipinski definition) is 0. The molecule has 128 valence electrons. The summed E-state index contributed by atoms with van der Waals surface area (Å²) in [5, 5.41) is 8.39. The number of aromatic nitrogens is 2. The van der Waals surface area contributed by atoms with E-state index in [9.17, 15) is 14.4 Å². The first-order valence-corrected chi connectivity index (χ1v) is 8.44. The van der Waals surface area contributed by atoms with Gasteiger partial charge in [0.15, 0.2) is 16.8 Å². The second kappa shape index (κ2) is 7.12. The van der Waals surface area contributed by atoms with Crippen LogP contribution in [-0.4, -0.2) is 28.6 Å². The first kappa shape index (κ1) is 17.2. The number of esters is 1. The summed E-state index contributed by atoms with van der Waals surface area (Å²) in [7, 11) is 0. The molecule has 7 nitrogen and oxygen atoms in total. The lowest BCUT2D eigenvalue weighted by atomic mass is 10.1. The van der Waals surface area contributed by atoms with Gasteiger partial charge < -0.3 is 9.15 Å². The number of Topliss-reactive ketones (excluding diaryl/α,β-unsaturated/α-hetero) is 1. The summed E-state index contributed by atoms with van der Waals surface area (Å²) in [6.07, 6.45) is -0.157. The summed E-state index contributed by atoms with van der Waals surface area (Å²) in [4.78, 5) is 36.1. The van der Waals surface area contributed by atoms with Crippen molar-refractivity contribution >= 4 is 45.7 Å². The third kappa shape index (κ3) is 3.59. The molecule has 0 bridgehead atoms. The first-order valence-electron chi connectivity index (χ1n) is 7.24. The maximum Gasteiger partial charge on any atom is 0.369 e. The Labute approximate surface area is 150 Å². The highest BCUT2D eigenvalue weighted by Crippen LogP contribution is 2.22. The third-order valence-corrected chi connectivity index (χ3v) is 4.41. The Balaban J connectivity index is 1.87. The van der Waals surface area contributed by atoms with E-state index in [0.29, 0.717) is 10.4 Å². The standard InChI is InChI=1S/C16H11ClN2O5S/c1-2-23-16(22)15-19-18-13(25-15)7-11(21)12-6-10(20)8-4-3-5-9(17)14(8)24-12/h3-6H,2,7H2,1H3. The summed E-state index contributed by atoms with van der Waals surface area (Å²) in [6, 6.07) is 5.88. The Morgan fingerprint density at radius 2 is 2.12 bits per heavy atom. The van der Waals surface area contributed by atoms with Crippen molar-refractivity contribution in [1.29, 1.82) is 0 Å². The monoisotopic (exact) mass is 378 g/mol. The van der Waals surface area contributed by atoms with Gasteiger partial charge in [0.2, 0.25) is 10.8 Å². The Morgan fingerprint density at radius 1 is 1.32 bits per heavy atom. The number of carbonyl (C=O) groups is 2. The number of fused-ring (bicyclic) bond motifs is 1. The van der Waals surface area contributed by atoms with E-state index in [1.165, 1.54) is 0 Å². The molecule has 3 aromatic rings. The fourth-order valence-corrected chi connectivity index (χ4v) is 3.05. The lowest BCUT2D eigenvalue weighted by Gasteiger charge is -2.02. The van der Waals surface area contributed by atoms with E-state index in [0.717, 1.165) is 17.4 Å². The molecule has 0 atom stereocenters. The molecule has 0 aliphatic heterocycles. The minimum atomic E-state index is -0.595. The van der Waals surface area contributed by atoms with Crippen LogP contribution in [0.25, 0.3) is 11.0 Å². The molecule has 9 heteroatoms. The van der Waals surface area contributed by atoms with Gasteiger partial charge in [-0.05, 0) is 19.1 Å². The highest BCUT2D eigenvalue weighted by atomic mass is 35.5. The minimum Gasteiger partial charge on any atom is -0.461 e. The topological polar surface area (TPSA) is 99.4 Å². The van der Waals surface area contributed by atoms with Gasteiger partial charge >= 0.3 is 5.97 Å². The van der Waals surface area contributed by atoms with Gasteiger partial charge in [0.25, 0.3) is 0 Å². The van der Waals surface area contributed by atoms with Crippen LogP contribution < -0.4 is 5.43 Å². The number of halogens is 1. The van der Waals surface area contributed by atoms with Crippen LogP contribution in [0.3, 0.4) is 0 Å². The molecule has 0 spiro atoms. The van der Waals surface area contributed by atoms with Crippen LogP contribution in [-0.2, 0) is 11.2 Å². The highest BCUT2D eigenvalue weighted by molar-refractivity contribution is 7.13. The quantitative estimate of drug-likeness (QED) is 0.497. The van der Waals surface area contributed by atoms with Crippen LogP contribution in [0.2, 0.25) is 5.02 Å². The molecular weight excluding hydrogens is 368 g/mol. The SMILES string of the molecule is CCOC(=O)c1nnc(CC(=O)c2cc(=O)c3cccc(Cl)c3o2)s1. The van der Waals surface area contributed by atoms with E-state index in [-0.39, 0.29) is 39.8 Å². The van der Waals surface area contributed by atoms with Gasteiger partial charge in [-0.2, -0.15) is 0 Å². The van der Waals surface area contributed by atoms with Gasteiger partial charge in [-0.3, -0.25) is 9.59 Å². The number of carbonyl (C=O) groups excluding carboxylic acids is 2. The van der Waals surface area contributed by atoms with Gasteiger partial charge in [-0.15, -0.1) is 10.2 Å². The molecule has 0 fully saturated rings. The van der Waals surface area contributed by atoms with Crippen molar-refractivity contribution < 1.29 is 18.7 Å². The molecule has 0 aliphatic carbocycles. The van der Waals surface area contributed by atoms with E-state index in [1.807, 2.05) is 0 Å². The number of nitrogens with zero attached hydrogens (tertiary/aromatic N) is 2. The number of rotatable bonds is 5. The molecule has 2 heterocycles. The molecule has 0 amide bonds. The number of para-hydroxylation sites is 1. The molecule has 0 unspecified atom stereocenters. The van der Waals surface area contributed by atoms with Crippen LogP contribution in [0.5, 0.6) is 0 Å². The molecule has 0 saturated carbocycles. The van der Waals surface area contributed by atoms with Crippen molar-refractivity contribution in [3.05, 3.63) is 55.3 Å². The van der Waals surface area contributed by atoms with E-state index in [2.05, 4.69) is 10.2 Å². The van der Waals surface area contributed by atoms with Crippen LogP contribution in [0.15, 0.2) is 33.5 Å². The first-order chi connectivity index (χ1) is 12.0. The van der Waals surface area contributed by atoms with Crippen molar-refractivity contribution in [2.75, 3.05) is 6.61 Å². The maximum absolute atomic E-state index is 12.4. The minimum absolute atomic E-state index is 0.0626. The Morgan fingerprint density at radius 3 is 2.88 bits per heavy atom. The summed E-state index contributed by atoms with van der Waals surface area (Å²) < 4.78 is 10.3. The van der Waals surface area contributed by atoms with Gasteiger partial charge in [0.1, 0.15) is 5.01 Å². The molecule has 0 N–H and O–H groups in total. The average Bonchev–Trinajstić information content (AvgIpc) is 3.04. The zero-order valence-corrected chi connectivity index (χ0v) is 14.5. The van der Waals surface area contributed by atoms with Crippen LogP contribution in [0.1, 0.15) is 32.3 Å².